The average Bonchev–Trinajstić information content (AvgIpc) is 2.99. The third-order valence-electron chi connectivity index (χ3n) is 4.94. The molecule has 0 N–H and O–H groups in total. The van der Waals surface area contributed by atoms with Gasteiger partial charge in [0.15, 0.2) is 0 Å². The lowest BCUT2D eigenvalue weighted by molar-refractivity contribution is 0.0980. The Morgan fingerprint density at radius 1 is 1.07 bits per heavy atom. The highest BCUT2D eigenvalue weighted by Gasteiger charge is 2.27. The molecular weight excluding hydrogens is 374 g/mol. The zero-order chi connectivity index (χ0) is 20.1. The van der Waals surface area contributed by atoms with E-state index in [0.717, 1.165) is 25.7 Å². The first-order chi connectivity index (χ1) is 13.4. The van der Waals surface area contributed by atoms with Crippen LogP contribution in [0.3, 0.4) is 0 Å². The van der Waals surface area contributed by atoms with Gasteiger partial charge in [0.1, 0.15) is 0 Å². The molecule has 3 rings (SSSR count). The minimum atomic E-state index is -3.60. The number of carbonyl (C=O) groups is 1. The lowest BCUT2D eigenvalue weighted by Gasteiger charge is -2.27. The van der Waals surface area contributed by atoms with E-state index in [1.165, 1.54) is 6.07 Å². The SMILES string of the molecule is CC(C)N(C(=O)c1cccc(S(=O)(=O)N2CCCCCC2)c1)c1cccnc1. The van der Waals surface area contributed by atoms with E-state index in [1.54, 1.807) is 45.9 Å². The van der Waals surface area contributed by atoms with Gasteiger partial charge in [-0.2, -0.15) is 4.31 Å². The predicted octanol–water partition coefficient (Wildman–Crippen LogP) is 3.70. The molecule has 1 amide bonds. The normalized spacial score (nSPS) is 16.0. The molecule has 0 atom stereocenters. The first kappa shape index (κ1) is 20.5. The van der Waals surface area contributed by atoms with Gasteiger partial charge in [0.25, 0.3) is 5.91 Å². The molecule has 0 spiro atoms. The predicted molar refractivity (Wildman–Crippen MR) is 110 cm³/mol. The number of hydrogen-bond donors (Lipinski definition) is 0. The topological polar surface area (TPSA) is 70.6 Å². The molecule has 1 aliphatic heterocycles. The van der Waals surface area contributed by atoms with E-state index < -0.39 is 10.0 Å². The number of amides is 1. The second kappa shape index (κ2) is 8.84. The molecule has 1 aromatic heterocycles. The second-order valence-electron chi connectivity index (χ2n) is 7.33. The smallest absolute Gasteiger partial charge is 0.258 e. The van der Waals surface area contributed by atoms with Crippen LogP contribution in [0.5, 0.6) is 0 Å². The molecule has 1 saturated heterocycles. The summed E-state index contributed by atoms with van der Waals surface area (Å²) in [5.74, 6) is -0.240. The monoisotopic (exact) mass is 401 g/mol. The van der Waals surface area contributed by atoms with Crippen LogP contribution in [0.4, 0.5) is 5.69 Å². The van der Waals surface area contributed by atoms with Gasteiger partial charge in [-0.1, -0.05) is 18.9 Å². The molecule has 0 radical (unpaired) electrons. The highest BCUT2D eigenvalue weighted by Crippen LogP contribution is 2.24. The molecule has 2 aromatic rings. The number of hydrogen-bond acceptors (Lipinski definition) is 4. The van der Waals surface area contributed by atoms with Crippen molar-refractivity contribution in [3.05, 3.63) is 54.4 Å². The quantitative estimate of drug-likeness (QED) is 0.766. The van der Waals surface area contributed by atoms with Crippen LogP contribution in [0.15, 0.2) is 53.7 Å². The van der Waals surface area contributed by atoms with Crippen molar-refractivity contribution in [2.45, 2.75) is 50.5 Å². The Balaban J connectivity index is 1.92. The Labute approximate surface area is 167 Å². The lowest BCUT2D eigenvalue weighted by Crippen LogP contribution is -2.37. The molecule has 28 heavy (non-hydrogen) atoms. The van der Waals surface area contributed by atoms with Crippen LogP contribution in [0.25, 0.3) is 0 Å². The van der Waals surface area contributed by atoms with Gasteiger partial charge in [0.05, 0.1) is 16.8 Å². The summed E-state index contributed by atoms with van der Waals surface area (Å²) in [4.78, 5) is 19.1. The Hall–Kier alpha value is -2.25. The van der Waals surface area contributed by atoms with Crippen LogP contribution >= 0.6 is 0 Å². The summed E-state index contributed by atoms with van der Waals surface area (Å²) in [6, 6.07) is 9.87. The van der Waals surface area contributed by atoms with Crippen molar-refractivity contribution in [1.82, 2.24) is 9.29 Å². The van der Waals surface area contributed by atoms with E-state index in [2.05, 4.69) is 4.98 Å². The molecule has 6 nitrogen and oxygen atoms in total. The highest BCUT2D eigenvalue weighted by atomic mass is 32.2. The third kappa shape index (κ3) is 4.42. The van der Waals surface area contributed by atoms with Gasteiger partial charge in [-0.25, -0.2) is 8.42 Å². The molecule has 2 heterocycles. The number of benzene rings is 1. The van der Waals surface area contributed by atoms with Crippen molar-refractivity contribution in [2.24, 2.45) is 0 Å². The van der Waals surface area contributed by atoms with Crippen LogP contribution in [0.2, 0.25) is 0 Å². The van der Waals surface area contributed by atoms with Gasteiger partial charge < -0.3 is 4.90 Å². The number of pyridine rings is 1. The summed E-state index contributed by atoms with van der Waals surface area (Å²) in [5, 5.41) is 0. The van der Waals surface area contributed by atoms with E-state index in [1.807, 2.05) is 19.9 Å². The first-order valence-electron chi connectivity index (χ1n) is 9.75. The molecule has 0 aliphatic carbocycles. The summed E-state index contributed by atoms with van der Waals surface area (Å²) >= 11 is 0. The van der Waals surface area contributed by atoms with Crippen LogP contribution in [-0.2, 0) is 10.0 Å². The number of rotatable bonds is 5. The molecule has 7 heteroatoms. The molecule has 0 bridgehead atoms. The Morgan fingerprint density at radius 2 is 1.79 bits per heavy atom. The molecule has 150 valence electrons. The fourth-order valence-corrected chi connectivity index (χ4v) is 5.07. The van der Waals surface area contributed by atoms with Crippen molar-refractivity contribution in [3.63, 3.8) is 0 Å². The molecule has 0 unspecified atom stereocenters. The van der Waals surface area contributed by atoms with Gasteiger partial charge in [-0.15, -0.1) is 0 Å². The lowest BCUT2D eigenvalue weighted by atomic mass is 10.1. The largest absolute Gasteiger partial charge is 0.304 e. The van der Waals surface area contributed by atoms with E-state index >= 15 is 0 Å². The van der Waals surface area contributed by atoms with Crippen LogP contribution in [0, 0.1) is 0 Å². The minimum Gasteiger partial charge on any atom is -0.304 e. The molecule has 1 fully saturated rings. The molecule has 0 saturated carbocycles. The maximum Gasteiger partial charge on any atom is 0.258 e. The second-order valence-corrected chi connectivity index (χ2v) is 9.26. The zero-order valence-electron chi connectivity index (χ0n) is 16.4. The summed E-state index contributed by atoms with van der Waals surface area (Å²) < 4.78 is 27.7. The summed E-state index contributed by atoms with van der Waals surface area (Å²) in [5.41, 5.74) is 1.04. The van der Waals surface area contributed by atoms with Crippen molar-refractivity contribution in [3.8, 4) is 0 Å². The van der Waals surface area contributed by atoms with Crippen molar-refractivity contribution in [2.75, 3.05) is 18.0 Å². The number of aromatic nitrogens is 1. The first-order valence-corrected chi connectivity index (χ1v) is 11.2. The van der Waals surface area contributed by atoms with Gasteiger partial charge in [-0.05, 0) is 57.0 Å². The molecule has 1 aromatic carbocycles. The van der Waals surface area contributed by atoms with Crippen molar-refractivity contribution in [1.29, 1.82) is 0 Å². The fraction of sp³-hybridized carbons (Fsp3) is 0.429. The van der Waals surface area contributed by atoms with Gasteiger partial charge in [0.2, 0.25) is 10.0 Å². The van der Waals surface area contributed by atoms with Gasteiger partial charge in [-0.3, -0.25) is 9.78 Å². The van der Waals surface area contributed by atoms with E-state index in [0.29, 0.717) is 24.3 Å². The number of carbonyl (C=O) groups excluding carboxylic acids is 1. The van der Waals surface area contributed by atoms with Crippen LogP contribution in [0.1, 0.15) is 49.9 Å². The molecule has 1 aliphatic rings. The highest BCUT2D eigenvalue weighted by molar-refractivity contribution is 7.89. The van der Waals surface area contributed by atoms with Crippen molar-refractivity contribution >= 4 is 21.6 Å². The summed E-state index contributed by atoms with van der Waals surface area (Å²) in [6.45, 7) is 4.91. The summed E-state index contributed by atoms with van der Waals surface area (Å²) in [6.07, 6.45) is 7.15. The van der Waals surface area contributed by atoms with E-state index in [4.69, 9.17) is 0 Å². The third-order valence-corrected chi connectivity index (χ3v) is 6.84. The number of nitrogens with zero attached hydrogens (tertiary/aromatic N) is 3. The fourth-order valence-electron chi connectivity index (χ4n) is 3.51. The number of sulfonamides is 1. The zero-order valence-corrected chi connectivity index (χ0v) is 17.2. The van der Waals surface area contributed by atoms with E-state index in [-0.39, 0.29) is 16.8 Å². The Kier molecular flexibility index (Phi) is 6.46. The Bertz CT molecular complexity index is 906. The van der Waals surface area contributed by atoms with Crippen molar-refractivity contribution < 1.29 is 13.2 Å². The maximum absolute atomic E-state index is 13.2. The van der Waals surface area contributed by atoms with Crippen LogP contribution in [-0.4, -0.2) is 42.7 Å². The number of anilines is 1. The summed E-state index contributed by atoms with van der Waals surface area (Å²) in [7, 11) is -3.60. The van der Waals surface area contributed by atoms with Gasteiger partial charge in [0, 0.05) is 30.9 Å². The minimum absolute atomic E-state index is 0.0948. The van der Waals surface area contributed by atoms with Gasteiger partial charge >= 0.3 is 0 Å². The van der Waals surface area contributed by atoms with E-state index in [9.17, 15) is 13.2 Å². The average molecular weight is 402 g/mol. The Morgan fingerprint density at radius 3 is 2.39 bits per heavy atom. The standard InChI is InChI=1S/C21H27N3O3S/c1-17(2)24(19-10-8-12-22-16-19)21(25)18-9-7-11-20(15-18)28(26,27)23-13-5-3-4-6-14-23/h7-12,15-17H,3-6,13-14H2,1-2H3. The van der Waals surface area contributed by atoms with Crippen LogP contribution < -0.4 is 4.90 Å². The molecular formula is C21H27N3O3S. The maximum atomic E-state index is 13.2.